The van der Waals surface area contributed by atoms with Crippen LogP contribution in [-0.4, -0.2) is 112 Å². The summed E-state index contributed by atoms with van der Waals surface area (Å²) in [5.74, 6) is 0.882. The molecule has 39 heavy (non-hydrogen) atoms. The summed E-state index contributed by atoms with van der Waals surface area (Å²) in [6.07, 6.45) is 0.766. The predicted molar refractivity (Wildman–Crippen MR) is 153 cm³/mol. The Bertz CT molecular complexity index is 832. The van der Waals surface area contributed by atoms with Crippen molar-refractivity contribution >= 4 is 10.8 Å². The molecule has 1 N–H and O–H groups in total. The number of nitrogens with one attached hydrogen (secondary N) is 1. The van der Waals surface area contributed by atoms with Crippen LogP contribution in [0.1, 0.15) is 20.3 Å². The minimum atomic E-state index is -0.0469. The van der Waals surface area contributed by atoms with Crippen molar-refractivity contribution in [3.63, 3.8) is 0 Å². The van der Waals surface area contributed by atoms with E-state index in [1.54, 1.807) is 7.11 Å². The summed E-state index contributed by atoms with van der Waals surface area (Å²) in [7, 11) is 1.65. The highest BCUT2D eigenvalue weighted by atomic mass is 16.6. The molecule has 2 rings (SSSR count). The fraction of sp³-hybridized carbons (Fsp3) is 0.667. The first-order valence-electron chi connectivity index (χ1n) is 14.0. The van der Waals surface area contributed by atoms with E-state index in [1.165, 1.54) is 5.39 Å². The summed E-state index contributed by atoms with van der Waals surface area (Å²) in [6.45, 7) is 12.3. The van der Waals surface area contributed by atoms with Gasteiger partial charge in [0.1, 0.15) is 18.5 Å². The van der Waals surface area contributed by atoms with Crippen molar-refractivity contribution in [1.82, 2.24) is 5.32 Å². The zero-order valence-electron chi connectivity index (χ0n) is 24.1. The molecule has 0 amide bonds. The maximum atomic E-state index is 6.17. The molecule has 0 bridgehead atoms. The van der Waals surface area contributed by atoms with Gasteiger partial charge in [0.05, 0.1) is 66.1 Å². The first kappa shape index (κ1) is 33.4. The van der Waals surface area contributed by atoms with Crippen LogP contribution in [0.5, 0.6) is 5.75 Å². The normalized spacial score (nSPS) is 12.4. The van der Waals surface area contributed by atoms with Gasteiger partial charge in [-0.25, -0.2) is 0 Å². The van der Waals surface area contributed by atoms with Gasteiger partial charge in [-0.15, -0.1) is 0 Å². The fourth-order valence-electron chi connectivity index (χ4n) is 3.57. The van der Waals surface area contributed by atoms with E-state index in [0.717, 1.165) is 24.1 Å². The van der Waals surface area contributed by atoms with Crippen LogP contribution < -0.4 is 10.1 Å². The van der Waals surface area contributed by atoms with Crippen LogP contribution in [0, 0.1) is 0 Å². The molecule has 1 atom stereocenters. The smallest absolute Gasteiger partial charge is 0.127 e. The van der Waals surface area contributed by atoms with Gasteiger partial charge in [0, 0.05) is 38.3 Å². The number of benzene rings is 2. The van der Waals surface area contributed by atoms with E-state index < -0.39 is 0 Å². The second-order valence-electron chi connectivity index (χ2n) is 9.25. The SMILES string of the molecule is COCCOCCOCCOCCOCCOCCCO[C@@H](CNC(C)C)COc1cccc2ccccc12. The molecule has 0 aliphatic rings. The fourth-order valence-corrected chi connectivity index (χ4v) is 3.57. The van der Waals surface area contributed by atoms with Gasteiger partial charge in [-0.1, -0.05) is 50.2 Å². The summed E-state index contributed by atoms with van der Waals surface area (Å²) in [4.78, 5) is 0. The highest BCUT2D eigenvalue weighted by Crippen LogP contribution is 2.25. The van der Waals surface area contributed by atoms with Crippen molar-refractivity contribution < 1.29 is 37.9 Å². The van der Waals surface area contributed by atoms with Gasteiger partial charge in [-0.05, 0) is 17.9 Å². The monoisotopic (exact) mass is 551 g/mol. The van der Waals surface area contributed by atoms with Gasteiger partial charge >= 0.3 is 0 Å². The third kappa shape index (κ3) is 16.8. The van der Waals surface area contributed by atoms with Crippen LogP contribution in [0.3, 0.4) is 0 Å². The van der Waals surface area contributed by atoms with Crippen LogP contribution in [0.2, 0.25) is 0 Å². The van der Waals surface area contributed by atoms with Crippen molar-refractivity contribution in [1.29, 1.82) is 0 Å². The first-order chi connectivity index (χ1) is 19.2. The standard InChI is InChI=1S/C30H49NO8/c1-26(2)31-24-28(25-39-30-11-6-9-27-8-4-5-10-29(27)30)38-13-7-12-33-16-17-35-20-21-37-23-22-36-19-18-34-15-14-32-3/h4-6,8-11,26,28,31H,7,12-25H2,1-3H3/t28-/m0/s1. The number of fused-ring (bicyclic) bond motifs is 1. The summed E-state index contributed by atoms with van der Waals surface area (Å²) < 4.78 is 44.6. The molecular weight excluding hydrogens is 502 g/mol. The van der Waals surface area contributed by atoms with Gasteiger partial charge < -0.3 is 43.2 Å². The lowest BCUT2D eigenvalue weighted by atomic mass is 10.1. The van der Waals surface area contributed by atoms with Crippen molar-refractivity contribution in [2.24, 2.45) is 0 Å². The molecule has 222 valence electrons. The molecule has 0 aliphatic heterocycles. The van der Waals surface area contributed by atoms with E-state index in [4.69, 9.17) is 37.9 Å². The van der Waals surface area contributed by atoms with Crippen LogP contribution in [0.15, 0.2) is 42.5 Å². The van der Waals surface area contributed by atoms with E-state index in [1.807, 2.05) is 24.3 Å². The molecular formula is C30H49NO8. The molecule has 9 heteroatoms. The quantitative estimate of drug-likeness (QED) is 0.176. The minimum absolute atomic E-state index is 0.0469. The maximum Gasteiger partial charge on any atom is 0.127 e. The van der Waals surface area contributed by atoms with Crippen LogP contribution >= 0.6 is 0 Å². The second kappa shape index (κ2) is 22.9. The number of ether oxygens (including phenoxy) is 8. The van der Waals surface area contributed by atoms with Gasteiger partial charge in [0.2, 0.25) is 0 Å². The lowest BCUT2D eigenvalue weighted by Gasteiger charge is -2.21. The third-order valence-electron chi connectivity index (χ3n) is 5.63. The minimum Gasteiger partial charge on any atom is -0.490 e. The summed E-state index contributed by atoms with van der Waals surface area (Å²) in [5.41, 5.74) is 0. The Balaban J connectivity index is 1.45. The summed E-state index contributed by atoms with van der Waals surface area (Å²) in [5, 5.41) is 5.73. The number of hydrogen-bond donors (Lipinski definition) is 1. The number of methoxy groups -OCH3 is 1. The Morgan fingerprint density at radius 2 is 1.21 bits per heavy atom. The number of rotatable bonds is 26. The van der Waals surface area contributed by atoms with Crippen molar-refractivity contribution in [3.05, 3.63) is 42.5 Å². The largest absolute Gasteiger partial charge is 0.490 e. The molecule has 0 saturated heterocycles. The lowest BCUT2D eigenvalue weighted by Crippen LogP contribution is -2.37. The zero-order valence-corrected chi connectivity index (χ0v) is 24.1. The van der Waals surface area contributed by atoms with Crippen LogP contribution in [-0.2, 0) is 33.2 Å². The van der Waals surface area contributed by atoms with Gasteiger partial charge in [0.15, 0.2) is 0 Å². The summed E-state index contributed by atoms with van der Waals surface area (Å²) >= 11 is 0. The van der Waals surface area contributed by atoms with Crippen molar-refractivity contribution in [3.8, 4) is 5.75 Å². The molecule has 0 saturated carbocycles. The Kier molecular flexibility index (Phi) is 19.6. The Morgan fingerprint density at radius 3 is 1.82 bits per heavy atom. The molecule has 0 aliphatic carbocycles. The Labute approximate surface area is 234 Å². The third-order valence-corrected chi connectivity index (χ3v) is 5.63. The first-order valence-corrected chi connectivity index (χ1v) is 14.0. The van der Waals surface area contributed by atoms with Crippen LogP contribution in [0.25, 0.3) is 10.8 Å². The molecule has 2 aromatic rings. The van der Waals surface area contributed by atoms with E-state index in [2.05, 4.69) is 37.4 Å². The van der Waals surface area contributed by atoms with Crippen molar-refractivity contribution in [2.45, 2.75) is 32.4 Å². The van der Waals surface area contributed by atoms with E-state index in [0.29, 0.717) is 91.9 Å². The molecule has 0 spiro atoms. The molecule has 0 radical (unpaired) electrons. The Morgan fingerprint density at radius 1 is 0.641 bits per heavy atom. The van der Waals surface area contributed by atoms with Gasteiger partial charge in [-0.2, -0.15) is 0 Å². The molecule has 0 unspecified atom stereocenters. The summed E-state index contributed by atoms with van der Waals surface area (Å²) in [6, 6.07) is 14.8. The van der Waals surface area contributed by atoms with Gasteiger partial charge in [-0.3, -0.25) is 0 Å². The van der Waals surface area contributed by atoms with Crippen molar-refractivity contribution in [2.75, 3.05) is 99.5 Å². The average Bonchev–Trinajstić information content (AvgIpc) is 2.95. The highest BCUT2D eigenvalue weighted by molar-refractivity contribution is 5.88. The molecule has 0 heterocycles. The van der Waals surface area contributed by atoms with E-state index >= 15 is 0 Å². The lowest BCUT2D eigenvalue weighted by molar-refractivity contribution is -0.0185. The Hall–Kier alpha value is -1.82. The maximum absolute atomic E-state index is 6.17. The molecule has 2 aromatic carbocycles. The van der Waals surface area contributed by atoms with Gasteiger partial charge in [0.25, 0.3) is 0 Å². The molecule has 0 fully saturated rings. The second-order valence-corrected chi connectivity index (χ2v) is 9.25. The van der Waals surface area contributed by atoms with E-state index in [-0.39, 0.29) is 6.10 Å². The molecule has 0 aromatic heterocycles. The zero-order chi connectivity index (χ0) is 27.8. The number of hydrogen-bond acceptors (Lipinski definition) is 9. The van der Waals surface area contributed by atoms with E-state index in [9.17, 15) is 0 Å². The average molecular weight is 552 g/mol. The van der Waals surface area contributed by atoms with Crippen LogP contribution in [0.4, 0.5) is 0 Å². The molecule has 9 nitrogen and oxygen atoms in total. The highest BCUT2D eigenvalue weighted by Gasteiger charge is 2.12. The predicted octanol–water partition coefficient (Wildman–Crippen LogP) is 3.72. The topological polar surface area (TPSA) is 85.9 Å².